The topological polar surface area (TPSA) is 93.4 Å². The van der Waals surface area contributed by atoms with Crippen molar-refractivity contribution in [3.8, 4) is 6.07 Å². The van der Waals surface area contributed by atoms with Crippen LogP contribution in [-0.2, 0) is 9.59 Å². The number of hydrogen-bond donors (Lipinski definition) is 2. The molecule has 1 rings (SSSR count). The molecule has 1 amide bonds. The lowest BCUT2D eigenvalue weighted by molar-refractivity contribution is -0.141. The van der Waals surface area contributed by atoms with E-state index in [-0.39, 0.29) is 19.0 Å². The summed E-state index contributed by atoms with van der Waals surface area (Å²) in [6.45, 7) is 5.71. The van der Waals surface area contributed by atoms with Gasteiger partial charge in [-0.2, -0.15) is 5.26 Å². The zero-order valence-electron chi connectivity index (χ0n) is 12.6. The molecule has 1 atom stereocenters. The monoisotopic (exact) mass is 309 g/mol. The van der Waals surface area contributed by atoms with Crippen LogP contribution in [-0.4, -0.2) is 42.0 Å². The third-order valence-electron chi connectivity index (χ3n) is 3.17. The Balaban J connectivity index is 2.65. The highest BCUT2D eigenvalue weighted by Gasteiger charge is 2.18. The molecule has 0 spiro atoms. The van der Waals surface area contributed by atoms with Crippen molar-refractivity contribution in [3.05, 3.63) is 16.0 Å². The predicted molar refractivity (Wildman–Crippen MR) is 81.4 cm³/mol. The highest BCUT2D eigenvalue weighted by atomic mass is 32.1. The second-order valence-electron chi connectivity index (χ2n) is 5.08. The number of carbonyl (C=O) groups is 2. The smallest absolute Gasteiger partial charge is 0.307 e. The maximum absolute atomic E-state index is 12.0. The van der Waals surface area contributed by atoms with Crippen molar-refractivity contribution in [1.82, 2.24) is 4.90 Å². The zero-order chi connectivity index (χ0) is 16.2. The molecule has 21 heavy (non-hydrogen) atoms. The van der Waals surface area contributed by atoms with E-state index in [9.17, 15) is 9.59 Å². The molecule has 1 heterocycles. The Labute approximate surface area is 128 Å². The molecule has 0 bridgehead atoms. The van der Waals surface area contributed by atoms with Crippen molar-refractivity contribution in [1.29, 1.82) is 5.26 Å². The fraction of sp³-hybridized carbons (Fsp3) is 0.500. The van der Waals surface area contributed by atoms with Crippen molar-refractivity contribution < 1.29 is 14.7 Å². The van der Waals surface area contributed by atoms with Crippen molar-refractivity contribution in [2.75, 3.05) is 25.5 Å². The molecule has 1 unspecified atom stereocenters. The number of hydrogen-bond acceptors (Lipinski definition) is 5. The van der Waals surface area contributed by atoms with Crippen LogP contribution in [0.3, 0.4) is 0 Å². The summed E-state index contributed by atoms with van der Waals surface area (Å²) in [7, 11) is 1.69. The van der Waals surface area contributed by atoms with E-state index in [0.29, 0.717) is 10.6 Å². The summed E-state index contributed by atoms with van der Waals surface area (Å²) in [4.78, 5) is 25.4. The molecule has 0 radical (unpaired) electrons. The van der Waals surface area contributed by atoms with E-state index < -0.39 is 11.9 Å². The summed E-state index contributed by atoms with van der Waals surface area (Å²) in [6.07, 6.45) is 0. The van der Waals surface area contributed by atoms with E-state index >= 15 is 0 Å². The Morgan fingerprint density at radius 3 is 2.62 bits per heavy atom. The summed E-state index contributed by atoms with van der Waals surface area (Å²) >= 11 is 1.37. The first-order valence-electron chi connectivity index (χ1n) is 6.47. The number of aliphatic carboxylic acids is 1. The molecular formula is C14H19N3O3S. The molecule has 0 aliphatic carbocycles. The number of nitriles is 1. The Kier molecular flexibility index (Phi) is 5.88. The molecule has 0 saturated carbocycles. The average Bonchev–Trinajstić information content (AvgIpc) is 2.63. The summed E-state index contributed by atoms with van der Waals surface area (Å²) in [5, 5.41) is 21.2. The Morgan fingerprint density at radius 1 is 1.48 bits per heavy atom. The normalized spacial score (nSPS) is 12.0. The van der Waals surface area contributed by atoms with Gasteiger partial charge in [0.25, 0.3) is 0 Å². The van der Waals surface area contributed by atoms with Gasteiger partial charge in [-0.05, 0) is 26.5 Å². The van der Waals surface area contributed by atoms with E-state index in [1.54, 1.807) is 18.9 Å². The van der Waals surface area contributed by atoms with Gasteiger partial charge in [-0.25, -0.2) is 0 Å². The maximum Gasteiger partial charge on any atom is 0.307 e. The molecule has 1 aromatic heterocycles. The van der Waals surface area contributed by atoms with Crippen molar-refractivity contribution in [2.45, 2.75) is 20.8 Å². The lowest BCUT2D eigenvalue weighted by Gasteiger charge is -2.18. The third kappa shape index (κ3) is 4.55. The van der Waals surface area contributed by atoms with Crippen molar-refractivity contribution in [2.24, 2.45) is 5.92 Å². The predicted octanol–water partition coefficient (Wildman–Crippen LogP) is 1.83. The zero-order valence-corrected chi connectivity index (χ0v) is 13.4. The van der Waals surface area contributed by atoms with Gasteiger partial charge in [0.2, 0.25) is 5.91 Å². The summed E-state index contributed by atoms with van der Waals surface area (Å²) < 4.78 is 0. The molecular weight excluding hydrogens is 290 g/mol. The van der Waals surface area contributed by atoms with Gasteiger partial charge in [0.15, 0.2) is 0 Å². The standard InChI is InChI=1S/C14H19N3O3S/c1-8(14(19)20)6-17(4)7-12(18)16-13-11(5-15)9(2)10(3)21-13/h8H,6-7H2,1-4H3,(H,16,18)(H,19,20). The first-order chi connectivity index (χ1) is 9.76. The summed E-state index contributed by atoms with van der Waals surface area (Å²) in [5.41, 5.74) is 1.37. The van der Waals surface area contributed by atoms with Crippen LogP contribution in [0.4, 0.5) is 5.00 Å². The van der Waals surface area contributed by atoms with Gasteiger partial charge < -0.3 is 10.4 Å². The van der Waals surface area contributed by atoms with E-state index in [4.69, 9.17) is 10.4 Å². The first-order valence-corrected chi connectivity index (χ1v) is 7.29. The number of likely N-dealkylation sites (N-methyl/N-ethyl adjacent to an activating group) is 1. The molecule has 1 aromatic rings. The molecule has 0 aliphatic rings. The number of carbonyl (C=O) groups excluding carboxylic acids is 1. The Hall–Kier alpha value is -1.91. The van der Waals surface area contributed by atoms with Gasteiger partial charge in [-0.15, -0.1) is 11.3 Å². The number of anilines is 1. The lowest BCUT2D eigenvalue weighted by Crippen LogP contribution is -2.35. The quantitative estimate of drug-likeness (QED) is 0.836. The van der Waals surface area contributed by atoms with Gasteiger partial charge in [0, 0.05) is 11.4 Å². The van der Waals surface area contributed by atoms with Crippen LogP contribution in [0.5, 0.6) is 0 Å². The van der Waals surface area contributed by atoms with Gasteiger partial charge in [0.1, 0.15) is 11.1 Å². The largest absolute Gasteiger partial charge is 0.481 e. The molecule has 0 saturated heterocycles. The van der Waals surface area contributed by atoms with E-state index in [1.165, 1.54) is 11.3 Å². The molecule has 7 heteroatoms. The van der Waals surface area contributed by atoms with Gasteiger partial charge in [-0.3, -0.25) is 14.5 Å². The molecule has 114 valence electrons. The second-order valence-corrected chi connectivity index (χ2v) is 6.31. The van der Waals surface area contributed by atoms with Crippen molar-refractivity contribution in [3.63, 3.8) is 0 Å². The van der Waals surface area contributed by atoms with E-state index in [1.807, 2.05) is 13.8 Å². The lowest BCUT2D eigenvalue weighted by atomic mass is 10.2. The average molecular weight is 309 g/mol. The maximum atomic E-state index is 12.0. The SMILES string of the molecule is Cc1sc(NC(=O)CN(C)CC(C)C(=O)O)c(C#N)c1C. The Bertz CT molecular complexity index is 589. The van der Waals surface area contributed by atoms with Crippen molar-refractivity contribution >= 4 is 28.2 Å². The van der Waals surface area contributed by atoms with E-state index in [2.05, 4.69) is 11.4 Å². The number of nitrogens with zero attached hydrogens (tertiary/aromatic N) is 2. The van der Waals surface area contributed by atoms with Crippen LogP contribution in [0.2, 0.25) is 0 Å². The number of aryl methyl sites for hydroxylation is 1. The van der Waals surface area contributed by atoms with Crippen LogP contribution in [0.15, 0.2) is 0 Å². The van der Waals surface area contributed by atoms with Crippen LogP contribution in [0, 0.1) is 31.1 Å². The molecule has 0 aromatic carbocycles. The number of thiophene rings is 1. The highest BCUT2D eigenvalue weighted by molar-refractivity contribution is 7.16. The Morgan fingerprint density at radius 2 is 2.10 bits per heavy atom. The minimum atomic E-state index is -0.890. The van der Waals surface area contributed by atoms with Gasteiger partial charge >= 0.3 is 5.97 Å². The second kappa shape index (κ2) is 7.20. The molecule has 0 fully saturated rings. The van der Waals surface area contributed by atoms with Gasteiger partial charge in [-0.1, -0.05) is 6.92 Å². The molecule has 6 nitrogen and oxygen atoms in total. The number of carboxylic acids is 1. The fourth-order valence-electron chi connectivity index (χ4n) is 1.87. The minimum Gasteiger partial charge on any atom is -0.481 e. The fourth-order valence-corrected chi connectivity index (χ4v) is 2.90. The van der Waals surface area contributed by atoms with Crippen LogP contribution in [0.25, 0.3) is 0 Å². The van der Waals surface area contributed by atoms with Crippen LogP contribution in [0.1, 0.15) is 22.9 Å². The minimum absolute atomic E-state index is 0.0818. The van der Waals surface area contributed by atoms with Crippen LogP contribution < -0.4 is 5.32 Å². The molecule has 0 aliphatic heterocycles. The third-order valence-corrected chi connectivity index (χ3v) is 4.29. The van der Waals surface area contributed by atoms with Gasteiger partial charge in [0.05, 0.1) is 18.0 Å². The van der Waals surface area contributed by atoms with E-state index in [0.717, 1.165) is 10.4 Å². The summed E-state index contributed by atoms with van der Waals surface area (Å²) in [5.74, 6) is -1.69. The van der Waals surface area contributed by atoms with Crippen LogP contribution >= 0.6 is 11.3 Å². The number of rotatable bonds is 6. The number of carboxylic acid groups (broad SMARTS) is 1. The summed E-state index contributed by atoms with van der Waals surface area (Å²) in [6, 6.07) is 2.09. The molecule has 2 N–H and O–H groups in total. The number of nitrogens with one attached hydrogen (secondary N) is 1. The highest BCUT2D eigenvalue weighted by Crippen LogP contribution is 2.31. The number of amides is 1. The first kappa shape index (κ1) is 17.1.